The molecule has 0 aromatic rings. The molecule has 0 spiro atoms. The van der Waals surface area contributed by atoms with Crippen molar-refractivity contribution < 1.29 is 4.84 Å². The minimum absolute atomic E-state index is 0.134. The van der Waals surface area contributed by atoms with E-state index < -0.39 is 0 Å². The Balaban J connectivity index is 3.17. The normalized spacial score (nSPS) is 18.0. The lowest BCUT2D eigenvalue weighted by Crippen LogP contribution is -2.40. The smallest absolute Gasteiger partial charge is 0.0572 e. The molecule has 0 fully saturated rings. The van der Waals surface area contributed by atoms with Gasteiger partial charge in [0.15, 0.2) is 0 Å². The van der Waals surface area contributed by atoms with Crippen LogP contribution in [0.1, 0.15) is 13.8 Å². The number of hydrogen-bond donors (Lipinski definition) is 2. The second-order valence-corrected chi connectivity index (χ2v) is 1.97. The fourth-order valence-corrected chi connectivity index (χ4v) is 0.293. The van der Waals surface area contributed by atoms with Crippen LogP contribution < -0.4 is 11.2 Å². The van der Waals surface area contributed by atoms with E-state index in [-0.39, 0.29) is 12.1 Å². The van der Waals surface area contributed by atoms with Crippen LogP contribution in [-0.4, -0.2) is 19.2 Å². The summed E-state index contributed by atoms with van der Waals surface area (Å²) in [5.41, 5.74) is 8.20. The zero-order chi connectivity index (χ0) is 6.57. The number of hydrogen-bond acceptors (Lipinski definition) is 3. The van der Waals surface area contributed by atoms with E-state index >= 15 is 0 Å². The van der Waals surface area contributed by atoms with Gasteiger partial charge in [-0.2, -0.15) is 5.48 Å². The molecule has 0 rings (SSSR count). The first-order valence-electron chi connectivity index (χ1n) is 2.72. The highest BCUT2D eigenvalue weighted by atomic mass is 16.6. The Bertz CT molecular complexity index is 56.4. The van der Waals surface area contributed by atoms with Gasteiger partial charge in [-0.1, -0.05) is 0 Å². The Labute approximate surface area is 50.2 Å². The van der Waals surface area contributed by atoms with Crippen molar-refractivity contribution >= 4 is 0 Å². The Morgan fingerprint density at radius 3 is 2.12 bits per heavy atom. The minimum atomic E-state index is 0.134. The maximum Gasteiger partial charge on any atom is 0.0572 e. The highest BCUT2D eigenvalue weighted by Crippen LogP contribution is 1.84. The van der Waals surface area contributed by atoms with Crippen LogP contribution in [0.5, 0.6) is 0 Å². The molecular weight excluding hydrogens is 104 g/mol. The molecule has 0 aliphatic carbocycles. The SMILES string of the molecule is CONC(C)C(C)N. The summed E-state index contributed by atoms with van der Waals surface area (Å²) in [5.74, 6) is 0. The molecule has 0 aliphatic rings. The number of nitrogens with two attached hydrogens (primary N) is 1. The van der Waals surface area contributed by atoms with Crippen molar-refractivity contribution in [2.75, 3.05) is 7.11 Å². The van der Waals surface area contributed by atoms with E-state index in [0.29, 0.717) is 0 Å². The average molecular weight is 118 g/mol. The summed E-state index contributed by atoms with van der Waals surface area (Å²) in [6, 6.07) is 0.356. The molecule has 3 N–H and O–H groups in total. The van der Waals surface area contributed by atoms with Crippen molar-refractivity contribution in [1.82, 2.24) is 5.48 Å². The second kappa shape index (κ2) is 3.83. The third-order valence-corrected chi connectivity index (χ3v) is 1.09. The fraction of sp³-hybridized carbons (Fsp3) is 1.00. The van der Waals surface area contributed by atoms with Gasteiger partial charge >= 0.3 is 0 Å². The monoisotopic (exact) mass is 118 g/mol. The first-order valence-corrected chi connectivity index (χ1v) is 2.72. The van der Waals surface area contributed by atoms with Crippen molar-refractivity contribution in [1.29, 1.82) is 0 Å². The number of rotatable bonds is 3. The molecule has 0 radical (unpaired) electrons. The minimum Gasteiger partial charge on any atom is -0.326 e. The molecule has 0 amide bonds. The lowest BCUT2D eigenvalue weighted by atomic mass is 10.2. The first kappa shape index (κ1) is 7.88. The van der Waals surface area contributed by atoms with E-state index in [1.165, 1.54) is 0 Å². The van der Waals surface area contributed by atoms with Gasteiger partial charge < -0.3 is 10.6 Å². The van der Waals surface area contributed by atoms with Crippen molar-refractivity contribution in [2.24, 2.45) is 5.73 Å². The van der Waals surface area contributed by atoms with Crippen molar-refractivity contribution in [3.8, 4) is 0 Å². The van der Waals surface area contributed by atoms with E-state index in [0.717, 1.165) is 0 Å². The van der Waals surface area contributed by atoms with Gasteiger partial charge in [-0.25, -0.2) is 0 Å². The summed E-state index contributed by atoms with van der Waals surface area (Å²) in [6.45, 7) is 3.89. The molecule has 0 aliphatic heterocycles. The van der Waals surface area contributed by atoms with Crippen LogP contribution in [-0.2, 0) is 4.84 Å². The van der Waals surface area contributed by atoms with E-state index in [4.69, 9.17) is 5.73 Å². The zero-order valence-corrected chi connectivity index (χ0v) is 5.64. The Morgan fingerprint density at radius 2 is 2.00 bits per heavy atom. The molecule has 3 nitrogen and oxygen atoms in total. The number of nitrogens with one attached hydrogen (secondary N) is 1. The molecule has 0 saturated carbocycles. The highest BCUT2D eigenvalue weighted by Gasteiger charge is 2.03. The Kier molecular flexibility index (Phi) is 3.77. The molecule has 0 saturated heterocycles. The molecule has 0 aromatic carbocycles. The van der Waals surface area contributed by atoms with Gasteiger partial charge in [0, 0.05) is 12.1 Å². The molecule has 0 heterocycles. The summed E-state index contributed by atoms with van der Waals surface area (Å²) >= 11 is 0. The van der Waals surface area contributed by atoms with Crippen LogP contribution in [0.25, 0.3) is 0 Å². The predicted molar refractivity (Wildman–Crippen MR) is 33.3 cm³/mol. The quantitative estimate of drug-likeness (QED) is 0.508. The second-order valence-electron chi connectivity index (χ2n) is 1.97. The molecule has 0 bridgehead atoms. The first-order chi connectivity index (χ1) is 3.68. The molecule has 2 atom stereocenters. The van der Waals surface area contributed by atoms with E-state index in [1.807, 2.05) is 13.8 Å². The van der Waals surface area contributed by atoms with Gasteiger partial charge in [-0.05, 0) is 13.8 Å². The van der Waals surface area contributed by atoms with Crippen LogP contribution in [0, 0.1) is 0 Å². The van der Waals surface area contributed by atoms with Gasteiger partial charge in [-0.15, -0.1) is 0 Å². The van der Waals surface area contributed by atoms with Crippen LogP contribution in [0.4, 0.5) is 0 Å². The third kappa shape index (κ3) is 2.96. The predicted octanol–water partition coefficient (Wildman–Crippen LogP) is -0.127. The Morgan fingerprint density at radius 1 is 1.50 bits per heavy atom. The van der Waals surface area contributed by atoms with Crippen LogP contribution in [0.3, 0.4) is 0 Å². The van der Waals surface area contributed by atoms with E-state index in [2.05, 4.69) is 10.3 Å². The lowest BCUT2D eigenvalue weighted by Gasteiger charge is -2.14. The van der Waals surface area contributed by atoms with Gasteiger partial charge in [0.25, 0.3) is 0 Å². The maximum absolute atomic E-state index is 5.48. The van der Waals surface area contributed by atoms with Crippen molar-refractivity contribution in [3.63, 3.8) is 0 Å². The van der Waals surface area contributed by atoms with Crippen LogP contribution in [0.15, 0.2) is 0 Å². The summed E-state index contributed by atoms with van der Waals surface area (Å²) in [5, 5.41) is 0. The number of hydroxylamine groups is 1. The molecule has 0 aromatic heterocycles. The van der Waals surface area contributed by atoms with Crippen LogP contribution in [0.2, 0.25) is 0 Å². The highest BCUT2D eigenvalue weighted by molar-refractivity contribution is 4.65. The maximum atomic E-state index is 5.48. The standard InChI is InChI=1S/C5H14N2O/c1-4(6)5(2)7-8-3/h4-5,7H,6H2,1-3H3. The summed E-state index contributed by atoms with van der Waals surface area (Å²) in [7, 11) is 1.58. The third-order valence-electron chi connectivity index (χ3n) is 1.09. The van der Waals surface area contributed by atoms with E-state index in [1.54, 1.807) is 7.11 Å². The summed E-state index contributed by atoms with van der Waals surface area (Å²) in [6.07, 6.45) is 0. The fourth-order valence-electron chi connectivity index (χ4n) is 0.293. The van der Waals surface area contributed by atoms with Gasteiger partial charge in [0.05, 0.1) is 7.11 Å². The van der Waals surface area contributed by atoms with E-state index in [9.17, 15) is 0 Å². The van der Waals surface area contributed by atoms with Crippen LogP contribution >= 0.6 is 0 Å². The molecule has 3 heteroatoms. The van der Waals surface area contributed by atoms with Gasteiger partial charge in [-0.3, -0.25) is 0 Å². The molecule has 2 unspecified atom stereocenters. The zero-order valence-electron chi connectivity index (χ0n) is 5.64. The summed E-state index contributed by atoms with van der Waals surface area (Å²) < 4.78 is 0. The molecule has 50 valence electrons. The van der Waals surface area contributed by atoms with Gasteiger partial charge in [0.2, 0.25) is 0 Å². The molecule has 8 heavy (non-hydrogen) atoms. The van der Waals surface area contributed by atoms with Crippen molar-refractivity contribution in [2.45, 2.75) is 25.9 Å². The topological polar surface area (TPSA) is 47.3 Å². The van der Waals surface area contributed by atoms with Gasteiger partial charge in [0.1, 0.15) is 0 Å². The van der Waals surface area contributed by atoms with Crippen molar-refractivity contribution in [3.05, 3.63) is 0 Å². The lowest BCUT2D eigenvalue weighted by molar-refractivity contribution is 0.0601. The summed E-state index contributed by atoms with van der Waals surface area (Å²) in [4.78, 5) is 4.63. The molecular formula is C5H14N2O. The average Bonchev–Trinajstić information content (AvgIpc) is 1.67. The Hall–Kier alpha value is -0.120. The largest absolute Gasteiger partial charge is 0.326 e.